The van der Waals surface area contributed by atoms with E-state index < -0.39 is 0 Å². The van der Waals surface area contributed by atoms with Crippen molar-refractivity contribution in [3.63, 3.8) is 0 Å². The zero-order valence-corrected chi connectivity index (χ0v) is 21.4. The van der Waals surface area contributed by atoms with Crippen molar-refractivity contribution >= 4 is 23.4 Å². The van der Waals surface area contributed by atoms with Crippen LogP contribution in [0.5, 0.6) is 5.75 Å². The van der Waals surface area contributed by atoms with Crippen LogP contribution in [0.2, 0.25) is 5.02 Å². The second kappa shape index (κ2) is 13.4. The first-order valence-corrected chi connectivity index (χ1v) is 13.5. The standard InChI is InChI=1S/C26H39ClN4O4/c27-22-6-8-23(9-7-22)35-20-24(32)30-12-14-31(15-13-30)25(21-4-1-2-5-21)26(33)28-10-3-11-29-16-18-34-19-17-29/h6-9,21,25H,1-5,10-20H2,(H,28,33)/t25-/m0/s1. The Morgan fingerprint density at radius 3 is 2.40 bits per heavy atom. The molecule has 2 heterocycles. The Bertz CT molecular complexity index is 804. The van der Waals surface area contributed by atoms with E-state index in [0.717, 1.165) is 65.2 Å². The van der Waals surface area contributed by atoms with E-state index in [1.807, 2.05) is 4.90 Å². The highest BCUT2D eigenvalue weighted by molar-refractivity contribution is 6.30. The number of hydrogen-bond acceptors (Lipinski definition) is 6. The third-order valence-corrected chi connectivity index (χ3v) is 7.66. The van der Waals surface area contributed by atoms with Crippen LogP contribution in [0.25, 0.3) is 0 Å². The Morgan fingerprint density at radius 1 is 1.03 bits per heavy atom. The van der Waals surface area contributed by atoms with Crippen molar-refractivity contribution in [1.82, 2.24) is 20.0 Å². The molecule has 0 spiro atoms. The first kappa shape index (κ1) is 26.2. The molecule has 1 atom stereocenters. The van der Waals surface area contributed by atoms with Gasteiger partial charge in [-0.1, -0.05) is 24.4 Å². The Labute approximate surface area is 213 Å². The number of morpholine rings is 1. The molecule has 1 aliphatic carbocycles. The number of hydrogen-bond donors (Lipinski definition) is 1. The summed E-state index contributed by atoms with van der Waals surface area (Å²) in [5, 5.41) is 3.86. The van der Waals surface area contributed by atoms with Gasteiger partial charge in [-0.3, -0.25) is 19.4 Å². The molecule has 1 N–H and O–H groups in total. The third kappa shape index (κ3) is 7.81. The quantitative estimate of drug-likeness (QED) is 0.491. The topological polar surface area (TPSA) is 74.4 Å². The summed E-state index contributed by atoms with van der Waals surface area (Å²) >= 11 is 5.90. The summed E-state index contributed by atoms with van der Waals surface area (Å²) < 4.78 is 11.0. The first-order chi connectivity index (χ1) is 17.1. The van der Waals surface area contributed by atoms with Crippen molar-refractivity contribution in [2.75, 3.05) is 72.2 Å². The SMILES string of the molecule is O=C(NCCCN1CCOCC1)[C@H](C1CCCC1)N1CCN(C(=O)COc2ccc(Cl)cc2)CC1. The molecular weight excluding hydrogens is 468 g/mol. The van der Waals surface area contributed by atoms with E-state index in [1.165, 1.54) is 12.8 Å². The van der Waals surface area contributed by atoms with Crippen molar-refractivity contribution in [2.24, 2.45) is 5.92 Å². The predicted molar refractivity (Wildman–Crippen MR) is 136 cm³/mol. The number of nitrogens with one attached hydrogen (secondary N) is 1. The summed E-state index contributed by atoms with van der Waals surface area (Å²) in [7, 11) is 0. The molecule has 0 bridgehead atoms. The van der Waals surface area contributed by atoms with E-state index >= 15 is 0 Å². The molecule has 4 rings (SSSR count). The molecule has 9 heteroatoms. The van der Waals surface area contributed by atoms with Crippen molar-refractivity contribution in [3.05, 3.63) is 29.3 Å². The lowest BCUT2D eigenvalue weighted by Gasteiger charge is -2.40. The van der Waals surface area contributed by atoms with Gasteiger partial charge in [0.25, 0.3) is 5.91 Å². The number of carbonyl (C=O) groups excluding carboxylic acids is 2. The first-order valence-electron chi connectivity index (χ1n) is 13.1. The van der Waals surface area contributed by atoms with Gasteiger partial charge in [0.05, 0.1) is 19.3 Å². The van der Waals surface area contributed by atoms with Gasteiger partial charge in [0, 0.05) is 50.8 Å². The number of halogens is 1. The second-order valence-corrected chi connectivity index (χ2v) is 10.2. The normalized spacial score (nSPS) is 21.1. The maximum Gasteiger partial charge on any atom is 0.260 e. The van der Waals surface area contributed by atoms with Crippen LogP contribution in [-0.2, 0) is 14.3 Å². The molecule has 2 aliphatic heterocycles. The minimum atomic E-state index is -0.0940. The summed E-state index contributed by atoms with van der Waals surface area (Å²) in [4.78, 5) is 32.5. The van der Waals surface area contributed by atoms with E-state index in [2.05, 4.69) is 15.1 Å². The van der Waals surface area contributed by atoms with Gasteiger partial charge >= 0.3 is 0 Å². The molecule has 1 aromatic rings. The van der Waals surface area contributed by atoms with E-state index in [9.17, 15) is 9.59 Å². The van der Waals surface area contributed by atoms with E-state index in [0.29, 0.717) is 36.3 Å². The summed E-state index contributed by atoms with van der Waals surface area (Å²) in [5.74, 6) is 1.17. The molecule has 0 aromatic heterocycles. The summed E-state index contributed by atoms with van der Waals surface area (Å²) in [6.07, 6.45) is 5.58. The molecule has 1 aromatic carbocycles. The van der Waals surface area contributed by atoms with Gasteiger partial charge < -0.3 is 19.7 Å². The fourth-order valence-corrected chi connectivity index (χ4v) is 5.54. The van der Waals surface area contributed by atoms with Gasteiger partial charge in [-0.25, -0.2) is 0 Å². The van der Waals surface area contributed by atoms with Crippen molar-refractivity contribution in [2.45, 2.75) is 38.1 Å². The van der Waals surface area contributed by atoms with Gasteiger partial charge in [0.2, 0.25) is 5.91 Å². The van der Waals surface area contributed by atoms with Gasteiger partial charge in [0.1, 0.15) is 5.75 Å². The van der Waals surface area contributed by atoms with Gasteiger partial charge in [-0.2, -0.15) is 0 Å². The number of ether oxygens (including phenoxy) is 2. The zero-order valence-electron chi connectivity index (χ0n) is 20.6. The largest absolute Gasteiger partial charge is 0.484 e. The Hall–Kier alpha value is -1.87. The van der Waals surface area contributed by atoms with Crippen LogP contribution in [0.3, 0.4) is 0 Å². The summed E-state index contributed by atoms with van der Waals surface area (Å²) in [6, 6.07) is 6.93. The second-order valence-electron chi connectivity index (χ2n) is 9.75. The van der Waals surface area contributed by atoms with E-state index in [1.54, 1.807) is 24.3 Å². The zero-order chi connectivity index (χ0) is 24.5. The molecular formula is C26H39ClN4O4. The van der Waals surface area contributed by atoms with Crippen LogP contribution in [-0.4, -0.2) is 105 Å². The maximum absolute atomic E-state index is 13.3. The van der Waals surface area contributed by atoms with Crippen LogP contribution < -0.4 is 10.1 Å². The Balaban J connectivity index is 1.22. The molecule has 3 aliphatic rings. The molecule has 194 valence electrons. The highest BCUT2D eigenvalue weighted by Crippen LogP contribution is 2.31. The number of amides is 2. The predicted octanol–water partition coefficient (Wildman–Crippen LogP) is 2.26. The van der Waals surface area contributed by atoms with Crippen LogP contribution in [0.15, 0.2) is 24.3 Å². The highest BCUT2D eigenvalue weighted by Gasteiger charge is 2.37. The smallest absolute Gasteiger partial charge is 0.260 e. The lowest BCUT2D eigenvalue weighted by molar-refractivity contribution is -0.137. The highest BCUT2D eigenvalue weighted by atomic mass is 35.5. The van der Waals surface area contributed by atoms with Gasteiger partial charge in [-0.05, 0) is 56.0 Å². The maximum atomic E-state index is 13.3. The molecule has 2 amide bonds. The fraction of sp³-hybridized carbons (Fsp3) is 0.692. The fourth-order valence-electron chi connectivity index (χ4n) is 5.41. The van der Waals surface area contributed by atoms with Crippen LogP contribution in [0, 0.1) is 5.92 Å². The number of carbonyl (C=O) groups is 2. The van der Waals surface area contributed by atoms with Crippen LogP contribution >= 0.6 is 11.6 Å². The van der Waals surface area contributed by atoms with E-state index in [-0.39, 0.29) is 24.5 Å². The number of piperazine rings is 1. The average Bonchev–Trinajstić information content (AvgIpc) is 3.42. The average molecular weight is 507 g/mol. The van der Waals surface area contributed by atoms with E-state index in [4.69, 9.17) is 21.1 Å². The lowest BCUT2D eigenvalue weighted by atomic mass is 9.95. The molecule has 3 fully saturated rings. The minimum Gasteiger partial charge on any atom is -0.484 e. The molecule has 2 saturated heterocycles. The molecule has 1 saturated carbocycles. The monoisotopic (exact) mass is 506 g/mol. The third-order valence-electron chi connectivity index (χ3n) is 7.41. The molecule has 0 unspecified atom stereocenters. The van der Waals surface area contributed by atoms with Crippen molar-refractivity contribution in [1.29, 1.82) is 0 Å². The number of nitrogens with zero attached hydrogens (tertiary/aromatic N) is 3. The van der Waals surface area contributed by atoms with Gasteiger partial charge in [0.15, 0.2) is 6.61 Å². The number of benzene rings is 1. The Morgan fingerprint density at radius 2 is 1.71 bits per heavy atom. The molecule has 35 heavy (non-hydrogen) atoms. The summed E-state index contributed by atoms with van der Waals surface area (Å²) in [6.45, 7) is 7.96. The molecule has 0 radical (unpaired) electrons. The van der Waals surface area contributed by atoms with Crippen LogP contribution in [0.4, 0.5) is 0 Å². The molecule has 8 nitrogen and oxygen atoms in total. The summed E-state index contributed by atoms with van der Waals surface area (Å²) in [5.41, 5.74) is 0. The minimum absolute atomic E-state index is 0.0112. The van der Waals surface area contributed by atoms with Crippen molar-refractivity contribution < 1.29 is 19.1 Å². The number of rotatable bonds is 10. The lowest BCUT2D eigenvalue weighted by Crippen LogP contribution is -2.58. The van der Waals surface area contributed by atoms with Crippen LogP contribution in [0.1, 0.15) is 32.1 Å². The Kier molecular flexibility index (Phi) is 10.1. The van der Waals surface area contributed by atoms with Gasteiger partial charge in [-0.15, -0.1) is 0 Å². The van der Waals surface area contributed by atoms with Crippen molar-refractivity contribution in [3.8, 4) is 5.75 Å².